The number of carbonyl (C=O) groups excluding carboxylic acids is 1. The number of unbranched alkanes of at least 4 members (excludes halogenated alkanes) is 1. The molecular formula is C17H30N2O5S. The van der Waals surface area contributed by atoms with Gasteiger partial charge in [-0.25, -0.2) is 12.7 Å². The number of hydrogen-bond donors (Lipinski definition) is 1. The van der Waals surface area contributed by atoms with Gasteiger partial charge < -0.3 is 10.0 Å². The SMILES string of the molecule is CCCCS(=O)(=O)N1CCC(C(=O)N2CC(C(=O)O)CCC2C)CC1. The van der Waals surface area contributed by atoms with Crippen molar-refractivity contribution in [2.24, 2.45) is 11.8 Å². The van der Waals surface area contributed by atoms with E-state index in [2.05, 4.69) is 0 Å². The van der Waals surface area contributed by atoms with E-state index in [9.17, 15) is 23.1 Å². The molecule has 2 aliphatic heterocycles. The number of carbonyl (C=O) groups is 2. The zero-order chi connectivity index (χ0) is 18.6. The fourth-order valence-corrected chi connectivity index (χ4v) is 5.37. The van der Waals surface area contributed by atoms with Crippen molar-refractivity contribution >= 4 is 21.9 Å². The first-order valence-corrected chi connectivity index (χ1v) is 10.9. The predicted molar refractivity (Wildman–Crippen MR) is 94.5 cm³/mol. The summed E-state index contributed by atoms with van der Waals surface area (Å²) in [6.45, 7) is 4.95. The van der Waals surface area contributed by atoms with E-state index in [0.29, 0.717) is 45.2 Å². The van der Waals surface area contributed by atoms with Crippen molar-refractivity contribution in [1.82, 2.24) is 9.21 Å². The largest absolute Gasteiger partial charge is 0.481 e. The molecule has 25 heavy (non-hydrogen) atoms. The van der Waals surface area contributed by atoms with E-state index >= 15 is 0 Å². The van der Waals surface area contributed by atoms with Crippen LogP contribution in [0.5, 0.6) is 0 Å². The van der Waals surface area contributed by atoms with Crippen molar-refractivity contribution in [2.45, 2.75) is 58.4 Å². The molecule has 0 saturated carbocycles. The van der Waals surface area contributed by atoms with Gasteiger partial charge in [0, 0.05) is 31.6 Å². The molecule has 2 rings (SSSR count). The number of rotatable bonds is 6. The number of piperidine rings is 2. The first kappa shape index (κ1) is 20.2. The second-order valence-electron chi connectivity index (χ2n) is 7.30. The van der Waals surface area contributed by atoms with Gasteiger partial charge in [0.1, 0.15) is 0 Å². The van der Waals surface area contributed by atoms with Crippen LogP contribution in [0.1, 0.15) is 52.4 Å². The summed E-state index contributed by atoms with van der Waals surface area (Å²) in [7, 11) is -3.22. The van der Waals surface area contributed by atoms with Gasteiger partial charge in [0.2, 0.25) is 15.9 Å². The highest BCUT2D eigenvalue weighted by atomic mass is 32.2. The molecule has 0 aromatic heterocycles. The summed E-state index contributed by atoms with van der Waals surface area (Å²) in [4.78, 5) is 25.8. The number of hydrogen-bond acceptors (Lipinski definition) is 4. The maximum absolute atomic E-state index is 12.8. The van der Waals surface area contributed by atoms with Crippen molar-refractivity contribution in [1.29, 1.82) is 0 Å². The molecule has 0 aromatic rings. The van der Waals surface area contributed by atoms with Gasteiger partial charge in [0.25, 0.3) is 0 Å². The third-order valence-electron chi connectivity index (χ3n) is 5.47. The Labute approximate surface area is 150 Å². The van der Waals surface area contributed by atoms with Crippen LogP contribution in [-0.2, 0) is 19.6 Å². The standard InChI is InChI=1S/C17H30N2O5S/c1-3-4-11-25(23,24)18-9-7-14(8-10-18)16(20)19-12-15(17(21)22)6-5-13(19)2/h13-15H,3-12H2,1-2H3,(H,21,22). The summed E-state index contributed by atoms with van der Waals surface area (Å²) < 4.78 is 26.0. The molecule has 0 radical (unpaired) electrons. The number of aliphatic carboxylic acids is 1. The zero-order valence-corrected chi connectivity index (χ0v) is 16.0. The van der Waals surface area contributed by atoms with Crippen molar-refractivity contribution in [3.63, 3.8) is 0 Å². The molecule has 0 bridgehead atoms. The second kappa shape index (κ2) is 8.49. The molecular weight excluding hydrogens is 344 g/mol. The van der Waals surface area contributed by atoms with Crippen LogP contribution in [-0.4, -0.2) is 66.0 Å². The van der Waals surface area contributed by atoms with Crippen molar-refractivity contribution in [2.75, 3.05) is 25.4 Å². The lowest BCUT2D eigenvalue weighted by Gasteiger charge is -2.40. The normalized spacial score (nSPS) is 26.6. The Morgan fingerprint density at radius 2 is 1.72 bits per heavy atom. The van der Waals surface area contributed by atoms with E-state index < -0.39 is 21.9 Å². The lowest BCUT2D eigenvalue weighted by atomic mass is 9.90. The average molecular weight is 375 g/mol. The highest BCUT2D eigenvalue weighted by Crippen LogP contribution is 2.28. The van der Waals surface area contributed by atoms with Crippen LogP contribution in [0.25, 0.3) is 0 Å². The average Bonchev–Trinajstić information content (AvgIpc) is 2.59. The molecule has 7 nitrogen and oxygen atoms in total. The number of sulfonamides is 1. The second-order valence-corrected chi connectivity index (χ2v) is 9.38. The van der Waals surface area contributed by atoms with Crippen molar-refractivity contribution in [3.05, 3.63) is 0 Å². The van der Waals surface area contributed by atoms with Gasteiger partial charge in [-0.15, -0.1) is 0 Å². The number of carboxylic acids is 1. The maximum atomic E-state index is 12.8. The van der Waals surface area contributed by atoms with Crippen LogP contribution in [0.4, 0.5) is 0 Å². The molecule has 8 heteroatoms. The highest BCUT2D eigenvalue weighted by Gasteiger charge is 2.37. The monoisotopic (exact) mass is 374 g/mol. The lowest BCUT2D eigenvalue weighted by molar-refractivity contribution is -0.149. The molecule has 0 aromatic carbocycles. The molecule has 2 fully saturated rings. The molecule has 0 spiro atoms. The fourth-order valence-electron chi connectivity index (χ4n) is 3.69. The summed E-state index contributed by atoms with van der Waals surface area (Å²) in [5, 5.41) is 9.22. The van der Waals surface area contributed by atoms with Gasteiger partial charge in [-0.1, -0.05) is 13.3 Å². The number of likely N-dealkylation sites (tertiary alicyclic amines) is 1. The van der Waals surface area contributed by atoms with E-state index in [1.54, 1.807) is 4.90 Å². The molecule has 1 N–H and O–H groups in total. The van der Waals surface area contributed by atoms with E-state index in [1.165, 1.54) is 4.31 Å². The number of nitrogens with zero attached hydrogens (tertiary/aromatic N) is 2. The quantitative estimate of drug-likeness (QED) is 0.761. The summed E-state index contributed by atoms with van der Waals surface area (Å²) in [5.74, 6) is -1.38. The van der Waals surface area contributed by atoms with Crippen LogP contribution in [0, 0.1) is 11.8 Å². The Balaban J connectivity index is 1.93. The third kappa shape index (κ3) is 4.94. The minimum absolute atomic E-state index is 0.0101. The number of amides is 1. The zero-order valence-electron chi connectivity index (χ0n) is 15.2. The Kier molecular flexibility index (Phi) is 6.85. The Morgan fingerprint density at radius 1 is 1.08 bits per heavy atom. The van der Waals surface area contributed by atoms with Gasteiger partial charge in [-0.05, 0) is 39.0 Å². The highest BCUT2D eigenvalue weighted by molar-refractivity contribution is 7.89. The van der Waals surface area contributed by atoms with E-state index in [-0.39, 0.29) is 30.2 Å². The van der Waals surface area contributed by atoms with Crippen LogP contribution < -0.4 is 0 Å². The molecule has 1 amide bonds. The minimum atomic E-state index is -3.22. The predicted octanol–water partition coefficient (Wildman–Crippen LogP) is 1.54. The summed E-state index contributed by atoms with van der Waals surface area (Å²) in [6.07, 6.45) is 3.84. The molecule has 144 valence electrons. The molecule has 2 aliphatic rings. The van der Waals surface area contributed by atoms with Crippen LogP contribution in [0.2, 0.25) is 0 Å². The summed E-state index contributed by atoms with van der Waals surface area (Å²) >= 11 is 0. The topological polar surface area (TPSA) is 95.0 Å². The lowest BCUT2D eigenvalue weighted by Crippen LogP contribution is -2.51. The van der Waals surface area contributed by atoms with Gasteiger partial charge in [-0.2, -0.15) is 0 Å². The fraction of sp³-hybridized carbons (Fsp3) is 0.882. The van der Waals surface area contributed by atoms with Crippen LogP contribution in [0.3, 0.4) is 0 Å². The van der Waals surface area contributed by atoms with Crippen molar-refractivity contribution < 1.29 is 23.1 Å². The van der Waals surface area contributed by atoms with E-state index in [4.69, 9.17) is 0 Å². The Hall–Kier alpha value is -1.15. The van der Waals surface area contributed by atoms with Crippen molar-refractivity contribution in [3.8, 4) is 0 Å². The summed E-state index contributed by atoms with van der Waals surface area (Å²) in [5.41, 5.74) is 0. The van der Waals surface area contributed by atoms with Crippen LogP contribution in [0.15, 0.2) is 0 Å². The van der Waals surface area contributed by atoms with Gasteiger partial charge in [0.05, 0.1) is 11.7 Å². The number of carboxylic acid groups (broad SMARTS) is 1. The smallest absolute Gasteiger partial charge is 0.308 e. The molecule has 0 aliphatic carbocycles. The molecule has 2 unspecified atom stereocenters. The molecule has 2 saturated heterocycles. The third-order valence-corrected chi connectivity index (χ3v) is 7.42. The van der Waals surface area contributed by atoms with E-state index in [1.807, 2.05) is 13.8 Å². The Morgan fingerprint density at radius 3 is 2.28 bits per heavy atom. The minimum Gasteiger partial charge on any atom is -0.481 e. The summed E-state index contributed by atoms with van der Waals surface area (Å²) in [6, 6.07) is 0.0504. The molecule has 2 heterocycles. The van der Waals surface area contributed by atoms with Gasteiger partial charge >= 0.3 is 5.97 Å². The first-order valence-electron chi connectivity index (χ1n) is 9.27. The van der Waals surface area contributed by atoms with Gasteiger partial charge in [0.15, 0.2) is 0 Å². The Bertz CT molecular complexity index is 584. The molecule has 2 atom stereocenters. The van der Waals surface area contributed by atoms with E-state index in [0.717, 1.165) is 6.42 Å². The first-order chi connectivity index (χ1) is 11.8. The van der Waals surface area contributed by atoms with Crippen LogP contribution >= 0.6 is 0 Å². The van der Waals surface area contributed by atoms with Gasteiger partial charge in [-0.3, -0.25) is 9.59 Å². The maximum Gasteiger partial charge on any atom is 0.308 e.